The van der Waals surface area contributed by atoms with Gasteiger partial charge in [-0.1, -0.05) is 11.2 Å². The minimum absolute atomic E-state index is 0.464. The fourth-order valence-electron chi connectivity index (χ4n) is 1.29. The molecule has 0 radical (unpaired) electrons. The maximum Gasteiger partial charge on any atom is 0.261 e. The van der Waals surface area contributed by atoms with E-state index < -0.39 is 0 Å². The Morgan fingerprint density at radius 2 is 2.20 bits per heavy atom. The van der Waals surface area contributed by atoms with Crippen LogP contribution in [0.4, 0.5) is 0 Å². The zero-order chi connectivity index (χ0) is 10.8. The van der Waals surface area contributed by atoms with E-state index in [2.05, 4.69) is 26.1 Å². The third kappa shape index (κ3) is 1.87. The van der Waals surface area contributed by atoms with Crippen molar-refractivity contribution < 1.29 is 9.26 Å². The molecule has 0 aliphatic heterocycles. The minimum Gasteiger partial charge on any atom is -0.495 e. The zero-order valence-electron chi connectivity index (χ0n) is 8.32. The van der Waals surface area contributed by atoms with Crippen molar-refractivity contribution in [3.63, 3.8) is 0 Å². The van der Waals surface area contributed by atoms with E-state index in [4.69, 9.17) is 9.26 Å². The van der Waals surface area contributed by atoms with Crippen molar-refractivity contribution in [1.29, 1.82) is 0 Å². The Morgan fingerprint density at radius 1 is 1.40 bits per heavy atom. The van der Waals surface area contributed by atoms with Gasteiger partial charge in [0.15, 0.2) is 5.82 Å². The minimum atomic E-state index is 0.464. The van der Waals surface area contributed by atoms with Gasteiger partial charge in [0.05, 0.1) is 17.1 Å². The van der Waals surface area contributed by atoms with Gasteiger partial charge in [-0.3, -0.25) is 0 Å². The number of aromatic nitrogens is 2. The Kier molecular flexibility index (Phi) is 2.73. The lowest BCUT2D eigenvalue weighted by molar-refractivity contribution is 0.402. The maximum atomic E-state index is 5.27. The number of nitrogens with zero attached hydrogens (tertiary/aromatic N) is 2. The quantitative estimate of drug-likeness (QED) is 0.841. The van der Waals surface area contributed by atoms with Gasteiger partial charge in [0.2, 0.25) is 0 Å². The lowest BCUT2D eigenvalue weighted by atomic mass is 10.2. The lowest BCUT2D eigenvalue weighted by Gasteiger charge is -2.06. The molecule has 0 fully saturated rings. The van der Waals surface area contributed by atoms with Crippen molar-refractivity contribution in [3.8, 4) is 17.2 Å². The standard InChI is InChI=1S/C10H9BrN2O2/c1-6-12-10(15-13-6)7-4-3-5-8(11)9(7)14-2/h3-5H,1-2H3. The number of aryl methyl sites for hydroxylation is 1. The highest BCUT2D eigenvalue weighted by atomic mass is 79.9. The number of hydrogen-bond donors (Lipinski definition) is 0. The predicted octanol–water partition coefficient (Wildman–Crippen LogP) is 2.82. The molecule has 5 heteroatoms. The van der Waals surface area contributed by atoms with Gasteiger partial charge in [0.1, 0.15) is 5.75 Å². The summed E-state index contributed by atoms with van der Waals surface area (Å²) in [7, 11) is 1.60. The molecule has 1 aromatic carbocycles. The molecule has 0 bridgehead atoms. The van der Waals surface area contributed by atoms with Crippen molar-refractivity contribution in [2.75, 3.05) is 7.11 Å². The third-order valence-corrected chi connectivity index (χ3v) is 2.55. The molecule has 0 spiro atoms. The van der Waals surface area contributed by atoms with E-state index in [9.17, 15) is 0 Å². The van der Waals surface area contributed by atoms with E-state index in [1.807, 2.05) is 18.2 Å². The number of hydrogen-bond acceptors (Lipinski definition) is 4. The van der Waals surface area contributed by atoms with E-state index in [1.54, 1.807) is 14.0 Å². The Labute approximate surface area is 95.4 Å². The molecule has 4 nitrogen and oxygen atoms in total. The Bertz CT molecular complexity index is 482. The van der Waals surface area contributed by atoms with Crippen LogP contribution in [0.2, 0.25) is 0 Å². The molecule has 0 saturated heterocycles. The molecule has 0 aliphatic carbocycles. The van der Waals surface area contributed by atoms with Crippen molar-refractivity contribution in [1.82, 2.24) is 10.1 Å². The monoisotopic (exact) mass is 268 g/mol. The second-order valence-electron chi connectivity index (χ2n) is 2.97. The molecule has 0 saturated carbocycles. The molecular weight excluding hydrogens is 260 g/mol. The first kappa shape index (κ1) is 10.2. The van der Waals surface area contributed by atoms with Crippen molar-refractivity contribution in [3.05, 3.63) is 28.5 Å². The largest absolute Gasteiger partial charge is 0.495 e. The Hall–Kier alpha value is -1.36. The highest BCUT2D eigenvalue weighted by Crippen LogP contribution is 2.35. The summed E-state index contributed by atoms with van der Waals surface area (Å²) in [6, 6.07) is 5.66. The molecule has 1 heterocycles. The van der Waals surface area contributed by atoms with Crippen LogP contribution in [0, 0.1) is 6.92 Å². The third-order valence-electron chi connectivity index (χ3n) is 1.93. The smallest absolute Gasteiger partial charge is 0.261 e. The number of benzene rings is 1. The molecule has 0 N–H and O–H groups in total. The van der Waals surface area contributed by atoms with Crippen molar-refractivity contribution in [2.24, 2.45) is 0 Å². The average Bonchev–Trinajstić information content (AvgIpc) is 2.64. The van der Waals surface area contributed by atoms with Crippen LogP contribution in [-0.2, 0) is 0 Å². The fraction of sp³-hybridized carbons (Fsp3) is 0.200. The normalized spacial score (nSPS) is 10.3. The van der Waals surface area contributed by atoms with Crippen LogP contribution in [0.1, 0.15) is 5.82 Å². The fourth-order valence-corrected chi connectivity index (χ4v) is 1.82. The zero-order valence-corrected chi connectivity index (χ0v) is 9.91. The summed E-state index contributed by atoms with van der Waals surface area (Å²) in [6.45, 7) is 1.78. The first-order chi connectivity index (χ1) is 7.22. The van der Waals surface area contributed by atoms with Gasteiger partial charge >= 0.3 is 0 Å². The predicted molar refractivity (Wildman–Crippen MR) is 58.7 cm³/mol. The van der Waals surface area contributed by atoms with Crippen LogP contribution in [-0.4, -0.2) is 17.3 Å². The van der Waals surface area contributed by atoms with Crippen LogP contribution in [0.25, 0.3) is 11.5 Å². The van der Waals surface area contributed by atoms with E-state index >= 15 is 0 Å². The molecule has 78 valence electrons. The van der Waals surface area contributed by atoms with Crippen molar-refractivity contribution in [2.45, 2.75) is 6.92 Å². The van der Waals surface area contributed by atoms with Crippen LogP contribution in [0.3, 0.4) is 0 Å². The van der Waals surface area contributed by atoms with Gasteiger partial charge in [0, 0.05) is 0 Å². The molecule has 15 heavy (non-hydrogen) atoms. The van der Waals surface area contributed by atoms with E-state index in [-0.39, 0.29) is 0 Å². The van der Waals surface area contributed by atoms with Crippen LogP contribution >= 0.6 is 15.9 Å². The van der Waals surface area contributed by atoms with E-state index in [0.717, 1.165) is 10.0 Å². The summed E-state index contributed by atoms with van der Waals surface area (Å²) in [5.74, 6) is 1.76. The van der Waals surface area contributed by atoms with Crippen LogP contribution in [0.5, 0.6) is 5.75 Å². The summed E-state index contributed by atoms with van der Waals surface area (Å²) in [6.07, 6.45) is 0. The number of rotatable bonds is 2. The molecule has 0 aliphatic rings. The second-order valence-corrected chi connectivity index (χ2v) is 3.82. The van der Waals surface area contributed by atoms with Gasteiger partial charge in [-0.15, -0.1) is 0 Å². The molecule has 2 aromatic rings. The first-order valence-electron chi connectivity index (χ1n) is 4.35. The molecule has 0 unspecified atom stereocenters. The van der Waals surface area contributed by atoms with Gasteiger partial charge in [-0.25, -0.2) is 0 Å². The number of methoxy groups -OCH3 is 1. The number of para-hydroxylation sites is 1. The highest BCUT2D eigenvalue weighted by molar-refractivity contribution is 9.10. The summed E-state index contributed by atoms with van der Waals surface area (Å²) >= 11 is 3.40. The van der Waals surface area contributed by atoms with Gasteiger partial charge in [-0.2, -0.15) is 4.98 Å². The highest BCUT2D eigenvalue weighted by Gasteiger charge is 2.14. The maximum absolute atomic E-state index is 5.27. The Balaban J connectivity index is 2.57. The molecule has 0 atom stereocenters. The molecular formula is C10H9BrN2O2. The van der Waals surface area contributed by atoms with Crippen molar-refractivity contribution >= 4 is 15.9 Å². The van der Waals surface area contributed by atoms with Gasteiger partial charge in [0.25, 0.3) is 5.89 Å². The number of halogens is 1. The summed E-state index contributed by atoms with van der Waals surface area (Å²) in [5.41, 5.74) is 0.785. The van der Waals surface area contributed by atoms with E-state index in [1.165, 1.54) is 0 Å². The second kappa shape index (κ2) is 4.02. The molecule has 0 amide bonds. The topological polar surface area (TPSA) is 48.2 Å². The SMILES string of the molecule is COc1c(Br)cccc1-c1nc(C)no1. The van der Waals surface area contributed by atoms with E-state index in [0.29, 0.717) is 17.5 Å². The van der Waals surface area contributed by atoms with Crippen LogP contribution in [0.15, 0.2) is 27.2 Å². The lowest BCUT2D eigenvalue weighted by Crippen LogP contribution is -1.89. The number of ether oxygens (including phenoxy) is 1. The first-order valence-corrected chi connectivity index (χ1v) is 5.15. The van der Waals surface area contributed by atoms with Gasteiger partial charge in [-0.05, 0) is 35.0 Å². The summed E-state index contributed by atoms with van der Waals surface area (Å²) in [5, 5.41) is 3.74. The van der Waals surface area contributed by atoms with Gasteiger partial charge < -0.3 is 9.26 Å². The molecule has 2 rings (SSSR count). The summed E-state index contributed by atoms with van der Waals surface area (Å²) < 4.78 is 11.2. The van der Waals surface area contributed by atoms with Crippen LogP contribution < -0.4 is 4.74 Å². The molecule has 1 aromatic heterocycles. The summed E-state index contributed by atoms with van der Waals surface area (Å²) in [4.78, 5) is 4.15. The Morgan fingerprint density at radius 3 is 2.80 bits per heavy atom. The average molecular weight is 269 g/mol.